The largest absolute Gasteiger partial charge is 0.493 e. The molecular weight excluding hydrogens is 596 g/mol. The second-order valence-corrected chi connectivity index (χ2v) is 11.9. The van der Waals surface area contributed by atoms with E-state index in [1.54, 1.807) is 25.0 Å². The summed E-state index contributed by atoms with van der Waals surface area (Å²) in [6.45, 7) is 9.44. The molecule has 7 rings (SSSR count). The highest BCUT2D eigenvalue weighted by Crippen LogP contribution is 2.41. The van der Waals surface area contributed by atoms with Gasteiger partial charge in [-0.2, -0.15) is 4.98 Å². The number of ether oxygens (including phenoxy) is 3. The molecule has 4 heterocycles. The number of aromatic nitrogens is 5. The van der Waals surface area contributed by atoms with Gasteiger partial charge in [-0.3, -0.25) is 14.1 Å². The van der Waals surface area contributed by atoms with Crippen LogP contribution in [0.5, 0.6) is 17.2 Å². The molecule has 1 saturated heterocycles. The van der Waals surface area contributed by atoms with Gasteiger partial charge in [0.05, 0.1) is 30.9 Å². The van der Waals surface area contributed by atoms with Crippen LogP contribution in [-0.2, 0) is 0 Å². The van der Waals surface area contributed by atoms with Gasteiger partial charge in [0.15, 0.2) is 17.1 Å². The van der Waals surface area contributed by atoms with E-state index < -0.39 is 0 Å². The fraction of sp³-hybridized carbons (Fsp3) is 0.314. The van der Waals surface area contributed by atoms with Crippen molar-refractivity contribution in [1.29, 1.82) is 0 Å². The molecule has 1 aliphatic rings. The summed E-state index contributed by atoms with van der Waals surface area (Å²) in [4.78, 5) is 33.2. The normalized spacial score (nSPS) is 14.2. The van der Waals surface area contributed by atoms with Crippen molar-refractivity contribution in [2.24, 2.45) is 0 Å². The van der Waals surface area contributed by atoms with Crippen LogP contribution < -0.4 is 25.1 Å². The van der Waals surface area contributed by atoms with Crippen LogP contribution in [-0.4, -0.2) is 94.3 Å². The van der Waals surface area contributed by atoms with Gasteiger partial charge in [-0.25, -0.2) is 14.5 Å². The molecule has 6 aromatic rings. The molecule has 3 aromatic carbocycles. The average Bonchev–Trinajstić information content (AvgIpc) is 3.46. The number of likely N-dealkylation sites (N-methyl/N-ethyl adjacent to an activating group) is 1. The van der Waals surface area contributed by atoms with E-state index in [4.69, 9.17) is 24.2 Å². The fourth-order valence-electron chi connectivity index (χ4n) is 6.27. The SMILES string of the molecule is COc1cc(Nc2ncc3c(=O)n(-c4c(C)cccc4C)c4nc5ccccc5n4c3n2)cc(OC)c1OCCN1CCN(C)CC1. The topological polar surface area (TPSA) is 111 Å². The van der Waals surface area contributed by atoms with Crippen molar-refractivity contribution in [3.63, 3.8) is 0 Å². The Labute approximate surface area is 272 Å². The molecule has 0 saturated carbocycles. The number of methoxy groups -OCH3 is 2. The Kier molecular flexibility index (Phi) is 8.12. The molecule has 1 fully saturated rings. The third-order valence-corrected chi connectivity index (χ3v) is 8.79. The van der Waals surface area contributed by atoms with Gasteiger partial charge in [0.1, 0.15) is 12.0 Å². The Morgan fingerprint density at radius 2 is 1.60 bits per heavy atom. The molecule has 0 amide bonds. The van der Waals surface area contributed by atoms with Crippen LogP contribution in [0.3, 0.4) is 0 Å². The number of rotatable bonds is 9. The molecule has 12 nitrogen and oxygen atoms in total. The van der Waals surface area contributed by atoms with Gasteiger partial charge in [0, 0.05) is 56.7 Å². The van der Waals surface area contributed by atoms with Gasteiger partial charge in [0.2, 0.25) is 17.5 Å². The Bertz CT molecular complexity index is 2120. The Balaban J connectivity index is 1.27. The van der Waals surface area contributed by atoms with Crippen molar-refractivity contribution < 1.29 is 14.2 Å². The van der Waals surface area contributed by atoms with Gasteiger partial charge in [0.25, 0.3) is 5.56 Å². The van der Waals surface area contributed by atoms with Crippen LogP contribution in [0.1, 0.15) is 11.1 Å². The molecule has 0 atom stereocenters. The lowest BCUT2D eigenvalue weighted by atomic mass is 10.1. The quantitative estimate of drug-likeness (QED) is 0.243. The van der Waals surface area contributed by atoms with Gasteiger partial charge < -0.3 is 24.4 Å². The summed E-state index contributed by atoms with van der Waals surface area (Å²) in [5, 5.41) is 3.65. The highest BCUT2D eigenvalue weighted by molar-refractivity contribution is 5.88. The van der Waals surface area contributed by atoms with Crippen LogP contribution in [0, 0.1) is 13.8 Å². The van der Waals surface area contributed by atoms with Crippen LogP contribution in [0.15, 0.2) is 65.6 Å². The molecule has 12 heteroatoms. The minimum absolute atomic E-state index is 0.242. The number of piperazine rings is 1. The number of nitrogens with one attached hydrogen (secondary N) is 1. The number of anilines is 2. The Morgan fingerprint density at radius 3 is 2.30 bits per heavy atom. The third kappa shape index (κ3) is 5.59. The van der Waals surface area contributed by atoms with E-state index in [1.165, 1.54) is 0 Å². The monoisotopic (exact) mass is 634 g/mol. The van der Waals surface area contributed by atoms with Crippen molar-refractivity contribution in [1.82, 2.24) is 33.7 Å². The van der Waals surface area contributed by atoms with Crippen LogP contribution in [0.4, 0.5) is 11.6 Å². The lowest BCUT2D eigenvalue weighted by Crippen LogP contribution is -2.45. The lowest BCUT2D eigenvalue weighted by Gasteiger charge is -2.32. The summed E-state index contributed by atoms with van der Waals surface area (Å²) < 4.78 is 21.2. The van der Waals surface area contributed by atoms with Gasteiger partial charge in [-0.05, 0) is 44.2 Å². The van der Waals surface area contributed by atoms with Crippen molar-refractivity contribution in [2.45, 2.75) is 13.8 Å². The number of para-hydroxylation sites is 3. The number of imidazole rings is 1. The van der Waals surface area contributed by atoms with Gasteiger partial charge in [-0.15, -0.1) is 0 Å². The van der Waals surface area contributed by atoms with E-state index in [1.807, 2.05) is 72.8 Å². The Morgan fingerprint density at radius 1 is 0.894 bits per heavy atom. The summed E-state index contributed by atoms with van der Waals surface area (Å²) in [7, 11) is 5.34. The molecule has 0 spiro atoms. The van der Waals surface area contributed by atoms with E-state index in [0.717, 1.165) is 60.6 Å². The molecule has 0 radical (unpaired) electrons. The van der Waals surface area contributed by atoms with E-state index >= 15 is 0 Å². The number of hydrogen-bond acceptors (Lipinski definition) is 10. The number of benzene rings is 3. The Hall–Kier alpha value is -5.20. The maximum absolute atomic E-state index is 14.2. The second-order valence-electron chi connectivity index (χ2n) is 11.9. The van der Waals surface area contributed by atoms with E-state index in [0.29, 0.717) is 52.3 Å². The van der Waals surface area contributed by atoms with Crippen molar-refractivity contribution in [3.8, 4) is 22.9 Å². The fourth-order valence-corrected chi connectivity index (χ4v) is 6.27. The molecule has 0 bridgehead atoms. The average molecular weight is 635 g/mol. The first kappa shape index (κ1) is 30.5. The zero-order valence-corrected chi connectivity index (χ0v) is 27.3. The molecule has 1 aliphatic heterocycles. The first-order chi connectivity index (χ1) is 22.9. The summed E-state index contributed by atoms with van der Waals surface area (Å²) in [6.07, 6.45) is 1.57. The highest BCUT2D eigenvalue weighted by Gasteiger charge is 2.22. The van der Waals surface area contributed by atoms with Crippen molar-refractivity contribution in [3.05, 3.63) is 82.3 Å². The number of hydrogen-bond donors (Lipinski definition) is 1. The number of nitrogens with zero attached hydrogens (tertiary/aromatic N) is 7. The maximum Gasteiger partial charge on any atom is 0.270 e. The molecular formula is C35H38N8O4. The summed E-state index contributed by atoms with van der Waals surface area (Å²) in [5.74, 6) is 2.35. The zero-order chi connectivity index (χ0) is 32.7. The lowest BCUT2D eigenvalue weighted by molar-refractivity contribution is 0.131. The van der Waals surface area contributed by atoms with Gasteiger partial charge in [-0.1, -0.05) is 30.3 Å². The van der Waals surface area contributed by atoms with Crippen molar-refractivity contribution in [2.75, 3.05) is 65.9 Å². The molecule has 242 valence electrons. The third-order valence-electron chi connectivity index (χ3n) is 8.79. The van der Waals surface area contributed by atoms with E-state index in [9.17, 15) is 4.79 Å². The van der Waals surface area contributed by atoms with E-state index in [2.05, 4.69) is 27.1 Å². The molecule has 3 aromatic heterocycles. The molecule has 1 N–H and O–H groups in total. The maximum atomic E-state index is 14.2. The smallest absolute Gasteiger partial charge is 0.270 e. The van der Waals surface area contributed by atoms with Crippen LogP contribution >= 0.6 is 0 Å². The van der Waals surface area contributed by atoms with Crippen LogP contribution in [0.2, 0.25) is 0 Å². The second kappa shape index (κ2) is 12.5. The number of aryl methyl sites for hydroxylation is 2. The predicted molar refractivity (Wildman–Crippen MR) is 183 cm³/mol. The summed E-state index contributed by atoms with van der Waals surface area (Å²) in [5.41, 5.74) is 5.16. The standard InChI is InChI=1S/C35H38N8O4/c1-22-9-8-10-23(2)30(22)43-33(44)25-21-36-34(39-32(25)42-27-12-7-6-11-26(27)38-35(42)43)37-24-19-28(45-4)31(29(20-24)46-5)47-18-17-41-15-13-40(3)14-16-41/h6-12,19-21H,13-18H2,1-5H3,(H,36,37,39). The van der Waals surface area contributed by atoms with Gasteiger partial charge >= 0.3 is 0 Å². The first-order valence-corrected chi connectivity index (χ1v) is 15.7. The minimum atomic E-state index is -0.242. The summed E-state index contributed by atoms with van der Waals surface area (Å²) >= 11 is 0. The van der Waals surface area contributed by atoms with E-state index in [-0.39, 0.29) is 5.56 Å². The predicted octanol–water partition coefficient (Wildman–Crippen LogP) is 4.59. The zero-order valence-electron chi connectivity index (χ0n) is 27.3. The first-order valence-electron chi connectivity index (χ1n) is 15.7. The van der Waals surface area contributed by atoms with Crippen LogP contribution in [0.25, 0.3) is 33.5 Å². The minimum Gasteiger partial charge on any atom is -0.493 e. The summed E-state index contributed by atoms with van der Waals surface area (Å²) in [6, 6.07) is 17.4. The van der Waals surface area contributed by atoms with Crippen molar-refractivity contribution >= 4 is 39.5 Å². The highest BCUT2D eigenvalue weighted by atomic mass is 16.5. The number of fused-ring (bicyclic) bond motifs is 5. The molecule has 0 unspecified atom stereocenters. The molecule has 0 aliphatic carbocycles. The molecule has 47 heavy (non-hydrogen) atoms.